The van der Waals surface area contributed by atoms with Gasteiger partial charge >= 0.3 is 0 Å². The number of carbonyl (C=O) groups is 1. The summed E-state index contributed by atoms with van der Waals surface area (Å²) in [6.07, 6.45) is 0. The van der Waals surface area contributed by atoms with Crippen molar-refractivity contribution in [2.45, 2.75) is 38.3 Å². The normalized spacial score (nSPS) is 11.5. The van der Waals surface area contributed by atoms with Crippen molar-refractivity contribution in [2.24, 2.45) is 0 Å². The number of benzene rings is 2. The second-order valence-electron chi connectivity index (χ2n) is 5.92. The summed E-state index contributed by atoms with van der Waals surface area (Å²) < 4.78 is 27.7. The van der Waals surface area contributed by atoms with Crippen molar-refractivity contribution in [1.29, 1.82) is 0 Å². The van der Waals surface area contributed by atoms with Crippen LogP contribution in [0.25, 0.3) is 0 Å². The molecule has 2 N–H and O–H groups in total. The van der Waals surface area contributed by atoms with Gasteiger partial charge in [0.05, 0.1) is 4.90 Å². The summed E-state index contributed by atoms with van der Waals surface area (Å²) in [5.41, 5.74) is 1.79. The van der Waals surface area contributed by atoms with E-state index in [4.69, 9.17) is 0 Å². The lowest BCUT2D eigenvalue weighted by molar-refractivity contribution is 0.0943. The minimum absolute atomic E-state index is 0.0185. The molecule has 0 atom stereocenters. The number of carbonyl (C=O) groups excluding carboxylic acids is 1. The first-order valence-electron chi connectivity index (χ1n) is 7.74. The highest BCUT2D eigenvalue weighted by molar-refractivity contribution is 7.89. The molecule has 0 heterocycles. The van der Waals surface area contributed by atoms with Crippen LogP contribution in [0.1, 0.15) is 35.3 Å². The lowest BCUT2D eigenvalue weighted by Gasteiger charge is -2.12. The maximum atomic E-state index is 12.6. The molecule has 0 saturated heterocycles. The molecule has 2 rings (SSSR count). The molecule has 2 aromatic rings. The fourth-order valence-electron chi connectivity index (χ4n) is 2.23. The van der Waals surface area contributed by atoms with Crippen molar-refractivity contribution in [1.82, 2.24) is 10.0 Å². The number of hydrogen-bond donors (Lipinski definition) is 2. The van der Waals surface area contributed by atoms with Gasteiger partial charge in [-0.15, -0.1) is 0 Å². The Bertz CT molecular complexity index is 815. The van der Waals surface area contributed by atoms with E-state index >= 15 is 0 Å². The molecule has 24 heavy (non-hydrogen) atoms. The average molecular weight is 346 g/mol. The second-order valence-corrected chi connectivity index (χ2v) is 7.65. The molecule has 1 amide bonds. The van der Waals surface area contributed by atoms with E-state index in [1.165, 1.54) is 6.07 Å². The van der Waals surface area contributed by atoms with Crippen molar-refractivity contribution >= 4 is 15.9 Å². The monoisotopic (exact) mass is 346 g/mol. The average Bonchev–Trinajstić information content (AvgIpc) is 2.53. The summed E-state index contributed by atoms with van der Waals surface area (Å²) in [6.45, 7) is 5.61. The van der Waals surface area contributed by atoms with E-state index in [9.17, 15) is 13.2 Å². The highest BCUT2D eigenvalue weighted by atomic mass is 32.2. The molecule has 0 aliphatic heterocycles. The molecular formula is C18H22N2O3S. The van der Waals surface area contributed by atoms with Gasteiger partial charge in [0.2, 0.25) is 10.0 Å². The summed E-state index contributed by atoms with van der Waals surface area (Å²) in [5, 5.41) is 2.76. The minimum atomic E-state index is -3.70. The minimum Gasteiger partial charge on any atom is -0.350 e. The Morgan fingerprint density at radius 3 is 2.38 bits per heavy atom. The molecule has 0 fully saturated rings. The Kier molecular flexibility index (Phi) is 5.75. The zero-order chi connectivity index (χ0) is 17.7. The fourth-order valence-corrected chi connectivity index (χ4v) is 3.51. The number of aryl methyl sites for hydroxylation is 1. The number of amides is 1. The molecular weight excluding hydrogens is 324 g/mol. The Hall–Kier alpha value is -2.18. The largest absolute Gasteiger partial charge is 0.350 e. The van der Waals surface area contributed by atoms with Gasteiger partial charge in [0, 0.05) is 18.2 Å². The van der Waals surface area contributed by atoms with Gasteiger partial charge in [0.15, 0.2) is 0 Å². The molecule has 0 radical (unpaired) electrons. The van der Waals surface area contributed by atoms with Crippen LogP contribution in [0.5, 0.6) is 0 Å². The number of nitrogens with one attached hydrogen (secondary N) is 2. The Labute approximate surface area is 143 Å². The standard InChI is InChI=1S/C18H22N2O3S/c1-13(2)20-18(21)16-10-9-14(3)17(11-16)24(22,23)19-12-15-7-5-4-6-8-15/h4-11,13,19H,12H2,1-3H3,(H,20,21). The van der Waals surface area contributed by atoms with Crippen LogP contribution in [0.3, 0.4) is 0 Å². The van der Waals surface area contributed by atoms with Gasteiger partial charge < -0.3 is 5.32 Å². The second kappa shape index (κ2) is 7.59. The molecule has 128 valence electrons. The Morgan fingerprint density at radius 1 is 1.08 bits per heavy atom. The quantitative estimate of drug-likeness (QED) is 0.844. The Morgan fingerprint density at radius 2 is 1.75 bits per heavy atom. The molecule has 2 aromatic carbocycles. The van der Waals surface area contributed by atoms with E-state index in [-0.39, 0.29) is 23.4 Å². The van der Waals surface area contributed by atoms with E-state index in [2.05, 4.69) is 10.0 Å². The van der Waals surface area contributed by atoms with Gasteiger partial charge in [-0.3, -0.25) is 4.79 Å². The van der Waals surface area contributed by atoms with Gasteiger partial charge in [-0.1, -0.05) is 36.4 Å². The van der Waals surface area contributed by atoms with Gasteiger partial charge in [0.1, 0.15) is 0 Å². The molecule has 5 nitrogen and oxygen atoms in total. The highest BCUT2D eigenvalue weighted by Crippen LogP contribution is 2.17. The maximum Gasteiger partial charge on any atom is 0.251 e. The molecule has 0 unspecified atom stereocenters. The predicted molar refractivity (Wildman–Crippen MR) is 94.2 cm³/mol. The number of hydrogen-bond acceptors (Lipinski definition) is 3. The first-order valence-corrected chi connectivity index (χ1v) is 9.23. The third-order valence-electron chi connectivity index (χ3n) is 3.47. The van der Waals surface area contributed by atoms with E-state index in [0.29, 0.717) is 11.1 Å². The zero-order valence-corrected chi connectivity index (χ0v) is 14.9. The summed E-state index contributed by atoms with van der Waals surface area (Å²) in [4.78, 5) is 12.2. The van der Waals surface area contributed by atoms with E-state index in [1.807, 2.05) is 44.2 Å². The van der Waals surface area contributed by atoms with Crippen LogP contribution in [0.4, 0.5) is 0 Å². The van der Waals surface area contributed by atoms with Gasteiger partial charge in [-0.25, -0.2) is 13.1 Å². The fraction of sp³-hybridized carbons (Fsp3) is 0.278. The molecule has 0 aromatic heterocycles. The predicted octanol–water partition coefficient (Wildman–Crippen LogP) is 2.61. The van der Waals surface area contributed by atoms with E-state index in [0.717, 1.165) is 5.56 Å². The summed E-state index contributed by atoms with van der Waals surface area (Å²) in [6, 6.07) is 13.9. The maximum absolute atomic E-state index is 12.6. The van der Waals surface area contributed by atoms with Gasteiger partial charge in [-0.05, 0) is 44.0 Å². The van der Waals surface area contributed by atoms with E-state index < -0.39 is 10.0 Å². The van der Waals surface area contributed by atoms with E-state index in [1.54, 1.807) is 19.1 Å². The Balaban J connectivity index is 2.24. The molecule has 0 bridgehead atoms. The summed E-state index contributed by atoms with van der Waals surface area (Å²) >= 11 is 0. The van der Waals surface area contributed by atoms with Crippen molar-refractivity contribution in [2.75, 3.05) is 0 Å². The molecule has 0 aliphatic carbocycles. The first kappa shape index (κ1) is 18.2. The smallest absolute Gasteiger partial charge is 0.251 e. The lowest BCUT2D eigenvalue weighted by atomic mass is 10.1. The van der Waals surface area contributed by atoms with Crippen LogP contribution >= 0.6 is 0 Å². The number of rotatable bonds is 6. The van der Waals surface area contributed by atoms with Crippen molar-refractivity contribution in [3.63, 3.8) is 0 Å². The third kappa shape index (κ3) is 4.66. The summed E-state index contributed by atoms with van der Waals surface area (Å²) in [5.74, 6) is -0.287. The zero-order valence-electron chi connectivity index (χ0n) is 14.0. The van der Waals surface area contributed by atoms with Gasteiger partial charge in [-0.2, -0.15) is 0 Å². The third-order valence-corrected chi connectivity index (χ3v) is 5.01. The van der Waals surface area contributed by atoms with Crippen molar-refractivity contribution < 1.29 is 13.2 Å². The summed E-state index contributed by atoms with van der Waals surface area (Å²) in [7, 11) is -3.70. The molecule has 0 saturated carbocycles. The van der Waals surface area contributed by atoms with Crippen LogP contribution in [0.15, 0.2) is 53.4 Å². The van der Waals surface area contributed by atoms with Crippen LogP contribution in [0.2, 0.25) is 0 Å². The van der Waals surface area contributed by atoms with Crippen LogP contribution < -0.4 is 10.0 Å². The van der Waals surface area contributed by atoms with Gasteiger partial charge in [0.25, 0.3) is 5.91 Å². The van der Waals surface area contributed by atoms with Crippen LogP contribution in [0, 0.1) is 6.92 Å². The first-order chi connectivity index (χ1) is 11.3. The molecule has 0 aliphatic rings. The number of sulfonamides is 1. The topological polar surface area (TPSA) is 75.3 Å². The highest BCUT2D eigenvalue weighted by Gasteiger charge is 2.19. The molecule has 0 spiro atoms. The van der Waals surface area contributed by atoms with Crippen LogP contribution in [-0.4, -0.2) is 20.4 Å². The van der Waals surface area contributed by atoms with Crippen LogP contribution in [-0.2, 0) is 16.6 Å². The lowest BCUT2D eigenvalue weighted by Crippen LogP contribution is -2.30. The SMILES string of the molecule is Cc1ccc(C(=O)NC(C)C)cc1S(=O)(=O)NCc1ccccc1. The van der Waals surface area contributed by atoms with Crippen molar-refractivity contribution in [3.05, 3.63) is 65.2 Å². The van der Waals surface area contributed by atoms with Crippen molar-refractivity contribution in [3.8, 4) is 0 Å². The molecule has 6 heteroatoms.